The van der Waals surface area contributed by atoms with E-state index in [0.29, 0.717) is 10.6 Å². The van der Waals surface area contributed by atoms with Crippen LogP contribution in [0.1, 0.15) is 33.4 Å². The fourth-order valence-corrected chi connectivity index (χ4v) is 5.73. The summed E-state index contributed by atoms with van der Waals surface area (Å²) in [6, 6.07) is 1.74. The van der Waals surface area contributed by atoms with Gasteiger partial charge in [0.05, 0.1) is 49.0 Å². The maximum absolute atomic E-state index is 15.5. The van der Waals surface area contributed by atoms with Gasteiger partial charge in [-0.05, 0) is 18.2 Å². The maximum atomic E-state index is 15.5. The highest BCUT2D eigenvalue weighted by Crippen LogP contribution is 2.48. The molecule has 1 aromatic carbocycles. The number of carbonyl (C=O) groups excluding carboxylic acids is 1. The van der Waals surface area contributed by atoms with Crippen LogP contribution in [-0.4, -0.2) is 62.4 Å². The fourth-order valence-electron chi connectivity index (χ4n) is 4.90. The van der Waals surface area contributed by atoms with E-state index in [1.54, 1.807) is 16.5 Å². The van der Waals surface area contributed by atoms with E-state index in [0.717, 1.165) is 6.07 Å². The summed E-state index contributed by atoms with van der Waals surface area (Å²) in [5, 5.41) is 8.44. The Morgan fingerprint density at radius 2 is 2.18 bits per heavy atom. The quantitative estimate of drug-likeness (QED) is 0.351. The van der Waals surface area contributed by atoms with Gasteiger partial charge in [-0.3, -0.25) is 10.00 Å². The SMILES string of the molecule is COC(=O)c1c(CN2C3COC[C@@H]2C(F)(F)c2[nH]ncc23)nc(-c2nccs2)nc1-c1ccc(F)cc1Cl. The van der Waals surface area contributed by atoms with Crippen LogP contribution >= 0.6 is 22.9 Å². The first-order valence-corrected chi connectivity index (χ1v) is 12.6. The molecule has 0 spiro atoms. The van der Waals surface area contributed by atoms with Gasteiger partial charge in [0, 0.05) is 29.2 Å². The number of esters is 1. The molecule has 6 rings (SSSR count). The number of methoxy groups -OCH3 is 1. The minimum Gasteiger partial charge on any atom is -0.465 e. The number of H-pyrrole nitrogens is 1. The maximum Gasteiger partial charge on any atom is 0.342 e. The second-order valence-corrected chi connectivity index (χ2v) is 10.0. The van der Waals surface area contributed by atoms with Crippen molar-refractivity contribution in [2.75, 3.05) is 20.3 Å². The lowest BCUT2D eigenvalue weighted by molar-refractivity contribution is -0.181. The van der Waals surface area contributed by atoms with Gasteiger partial charge in [-0.1, -0.05) is 11.6 Å². The largest absolute Gasteiger partial charge is 0.465 e. The minimum absolute atomic E-state index is 0.00251. The van der Waals surface area contributed by atoms with Gasteiger partial charge < -0.3 is 9.47 Å². The number of alkyl halides is 2. The molecule has 1 fully saturated rings. The van der Waals surface area contributed by atoms with Crippen molar-refractivity contribution in [3.63, 3.8) is 0 Å². The summed E-state index contributed by atoms with van der Waals surface area (Å²) < 4.78 is 55.5. The zero-order valence-electron chi connectivity index (χ0n) is 19.6. The summed E-state index contributed by atoms with van der Waals surface area (Å²) in [5.41, 5.74) is 0.450. The summed E-state index contributed by atoms with van der Waals surface area (Å²) in [4.78, 5) is 28.1. The lowest BCUT2D eigenvalue weighted by Crippen LogP contribution is -2.58. The molecule has 2 atom stereocenters. The standard InChI is InChI=1S/C24H18ClF3N6O3S/c1-36-23(35)18-15(8-34-16-9-37-10-17(34)24(27,28)20-13(16)7-30-33-20)31-21(22-29-4-5-38-22)32-19(18)12-3-2-11(26)6-14(12)25/h2-7,16-17H,8-10H2,1H3,(H,30,33)/t16?,17-/m1/s1. The summed E-state index contributed by atoms with van der Waals surface area (Å²) in [7, 11) is 1.19. The Kier molecular flexibility index (Phi) is 6.17. The Balaban J connectivity index is 1.55. The van der Waals surface area contributed by atoms with E-state index in [9.17, 15) is 9.18 Å². The molecule has 5 heterocycles. The Bertz CT molecular complexity index is 1530. The van der Waals surface area contributed by atoms with Crippen LogP contribution in [0.25, 0.3) is 22.1 Å². The normalized spacial score (nSPS) is 20.2. The van der Waals surface area contributed by atoms with Crippen molar-refractivity contribution < 1.29 is 27.4 Å². The Labute approximate surface area is 222 Å². The third-order valence-corrected chi connectivity index (χ3v) is 7.73. The van der Waals surface area contributed by atoms with Gasteiger partial charge in [0.2, 0.25) is 0 Å². The van der Waals surface area contributed by atoms with Crippen molar-refractivity contribution >= 4 is 28.9 Å². The van der Waals surface area contributed by atoms with Gasteiger partial charge in [-0.2, -0.15) is 13.9 Å². The van der Waals surface area contributed by atoms with Crippen LogP contribution < -0.4 is 0 Å². The van der Waals surface area contributed by atoms with E-state index < -0.39 is 29.8 Å². The van der Waals surface area contributed by atoms with E-state index in [1.165, 1.54) is 36.8 Å². The van der Waals surface area contributed by atoms with Crippen molar-refractivity contribution in [1.82, 2.24) is 30.0 Å². The second kappa shape index (κ2) is 9.42. The third-order valence-electron chi connectivity index (χ3n) is 6.65. The minimum atomic E-state index is -3.30. The number of fused-ring (bicyclic) bond motifs is 4. The van der Waals surface area contributed by atoms with Crippen molar-refractivity contribution in [2.45, 2.75) is 24.6 Å². The number of ether oxygens (including phenoxy) is 2. The predicted octanol–water partition coefficient (Wildman–Crippen LogP) is 4.62. The smallest absolute Gasteiger partial charge is 0.342 e. The van der Waals surface area contributed by atoms with Crippen molar-refractivity contribution in [1.29, 1.82) is 0 Å². The van der Waals surface area contributed by atoms with E-state index in [-0.39, 0.29) is 58.8 Å². The molecule has 1 N–H and O–H groups in total. The molecule has 2 aliphatic heterocycles. The number of rotatable bonds is 5. The highest BCUT2D eigenvalue weighted by molar-refractivity contribution is 7.13. The first-order chi connectivity index (χ1) is 18.3. The number of halogens is 4. The number of nitrogens with one attached hydrogen (secondary N) is 1. The Hall–Kier alpha value is -3.39. The molecular formula is C24H18ClF3N6O3S. The molecule has 4 aromatic rings. The van der Waals surface area contributed by atoms with Gasteiger partial charge in [0.15, 0.2) is 10.8 Å². The summed E-state index contributed by atoms with van der Waals surface area (Å²) in [5.74, 6) is -4.52. The van der Waals surface area contributed by atoms with Gasteiger partial charge in [0.25, 0.3) is 0 Å². The van der Waals surface area contributed by atoms with Gasteiger partial charge in [-0.25, -0.2) is 24.1 Å². The molecular weight excluding hydrogens is 545 g/mol. The number of hydrogen-bond donors (Lipinski definition) is 1. The van der Waals surface area contributed by atoms with Crippen LogP contribution in [0.3, 0.4) is 0 Å². The zero-order chi connectivity index (χ0) is 26.6. The summed E-state index contributed by atoms with van der Waals surface area (Å²) >= 11 is 7.62. The van der Waals surface area contributed by atoms with Crippen molar-refractivity contribution in [3.8, 4) is 22.1 Å². The molecule has 0 radical (unpaired) electrons. The second-order valence-electron chi connectivity index (χ2n) is 8.74. The first-order valence-electron chi connectivity index (χ1n) is 11.4. The van der Waals surface area contributed by atoms with Crippen molar-refractivity contribution in [2.24, 2.45) is 0 Å². The monoisotopic (exact) mass is 562 g/mol. The van der Waals surface area contributed by atoms with Crippen LogP contribution in [0, 0.1) is 5.82 Å². The number of aromatic amines is 1. The lowest BCUT2D eigenvalue weighted by atomic mass is 9.88. The van der Waals surface area contributed by atoms with Gasteiger partial charge in [-0.15, -0.1) is 11.3 Å². The molecule has 1 saturated heterocycles. The molecule has 2 aliphatic rings. The van der Waals surface area contributed by atoms with Crippen LogP contribution in [0.15, 0.2) is 36.0 Å². The summed E-state index contributed by atoms with van der Waals surface area (Å²) in [6.07, 6.45) is 2.92. The molecule has 1 unspecified atom stereocenters. The van der Waals surface area contributed by atoms with E-state index in [2.05, 4.69) is 25.1 Å². The topological polar surface area (TPSA) is 106 Å². The zero-order valence-corrected chi connectivity index (χ0v) is 21.2. The first kappa shape index (κ1) is 24.9. The average Bonchev–Trinajstić information content (AvgIpc) is 3.60. The van der Waals surface area contributed by atoms with Crippen molar-refractivity contribution in [3.05, 3.63) is 69.3 Å². The number of hydrogen-bond acceptors (Lipinski definition) is 9. The summed E-state index contributed by atoms with van der Waals surface area (Å²) in [6.45, 7) is -0.264. The molecule has 0 aliphatic carbocycles. The number of nitrogens with zero attached hydrogens (tertiary/aromatic N) is 5. The third kappa shape index (κ3) is 3.97. The number of thiazole rings is 1. The van der Waals surface area contributed by atoms with Crippen LogP contribution in [0.4, 0.5) is 13.2 Å². The number of morpholine rings is 1. The van der Waals surface area contributed by atoms with E-state index in [1.807, 2.05) is 0 Å². The highest BCUT2D eigenvalue weighted by Gasteiger charge is 2.56. The van der Waals surface area contributed by atoms with Crippen LogP contribution in [0.2, 0.25) is 5.02 Å². The molecule has 38 heavy (non-hydrogen) atoms. The average molecular weight is 563 g/mol. The molecule has 14 heteroatoms. The fraction of sp³-hybridized carbons (Fsp3) is 0.292. The highest BCUT2D eigenvalue weighted by atomic mass is 35.5. The lowest BCUT2D eigenvalue weighted by Gasteiger charge is -2.48. The van der Waals surface area contributed by atoms with Gasteiger partial charge in [0.1, 0.15) is 23.1 Å². The molecule has 0 saturated carbocycles. The molecule has 9 nitrogen and oxygen atoms in total. The van der Waals surface area contributed by atoms with Gasteiger partial charge >= 0.3 is 11.9 Å². The van der Waals surface area contributed by atoms with Crippen LogP contribution in [-0.2, 0) is 21.9 Å². The van der Waals surface area contributed by atoms with E-state index >= 15 is 8.78 Å². The predicted molar refractivity (Wildman–Crippen MR) is 130 cm³/mol. The molecule has 2 bridgehead atoms. The molecule has 196 valence electrons. The Morgan fingerprint density at radius 3 is 2.92 bits per heavy atom. The van der Waals surface area contributed by atoms with E-state index in [4.69, 9.17) is 21.1 Å². The molecule has 0 amide bonds. The van der Waals surface area contributed by atoms with Crippen LogP contribution in [0.5, 0.6) is 0 Å². The Morgan fingerprint density at radius 1 is 1.34 bits per heavy atom. The number of aromatic nitrogens is 5. The number of benzene rings is 1. The molecule has 3 aromatic heterocycles. The number of carbonyl (C=O) groups is 1.